The van der Waals surface area contributed by atoms with Crippen molar-refractivity contribution in [3.8, 4) is 0 Å². The number of ether oxygens (including phenoxy) is 2. The molecule has 9 heteroatoms. The molecule has 0 aromatic rings. The lowest BCUT2D eigenvalue weighted by Gasteiger charge is -2.05. The molecule has 1 rings (SSSR count). The topological polar surface area (TPSA) is 52.6 Å². The zero-order chi connectivity index (χ0) is 15.7. The van der Waals surface area contributed by atoms with Gasteiger partial charge in [-0.1, -0.05) is 35.7 Å². The van der Waals surface area contributed by atoms with Crippen LogP contribution in [0.25, 0.3) is 0 Å². The van der Waals surface area contributed by atoms with Crippen LogP contribution in [0.4, 0.5) is 0 Å². The Labute approximate surface area is 146 Å². The van der Waals surface area contributed by atoms with E-state index in [4.69, 9.17) is 21.7 Å². The third kappa shape index (κ3) is 7.32. The first kappa shape index (κ1) is 19.2. The highest BCUT2D eigenvalue weighted by Crippen LogP contribution is 2.54. The summed E-state index contributed by atoms with van der Waals surface area (Å²) in [4.78, 5) is 22.8. The summed E-state index contributed by atoms with van der Waals surface area (Å²) in [6, 6.07) is 0. The smallest absolute Gasteiger partial charge is 0.316 e. The Bertz CT molecular complexity index is 390. The summed E-state index contributed by atoms with van der Waals surface area (Å²) in [7, 11) is 0. The molecule has 0 amide bonds. The molecule has 0 aliphatic carbocycles. The molecule has 0 bridgehead atoms. The maximum atomic E-state index is 11.4. The number of thiocarbonyl (C=S) groups is 1. The van der Waals surface area contributed by atoms with E-state index in [1.54, 1.807) is 42.7 Å². The van der Waals surface area contributed by atoms with E-state index in [0.29, 0.717) is 13.2 Å². The summed E-state index contributed by atoms with van der Waals surface area (Å²) in [6.45, 7) is 4.33. The Morgan fingerprint density at radius 3 is 1.86 bits per heavy atom. The highest BCUT2D eigenvalue weighted by Gasteiger charge is 2.26. The first-order valence-electron chi connectivity index (χ1n) is 6.20. The van der Waals surface area contributed by atoms with Crippen molar-refractivity contribution in [3.05, 3.63) is 8.47 Å². The molecule has 1 aliphatic heterocycles. The van der Waals surface area contributed by atoms with Crippen molar-refractivity contribution in [3.63, 3.8) is 0 Å². The van der Waals surface area contributed by atoms with Gasteiger partial charge in [-0.3, -0.25) is 9.59 Å². The fraction of sp³-hybridized carbons (Fsp3) is 0.583. The summed E-state index contributed by atoms with van der Waals surface area (Å²) in [6.07, 6.45) is 0. The van der Waals surface area contributed by atoms with Crippen LogP contribution in [0, 0.1) is 0 Å². The number of hydrogen-bond donors (Lipinski definition) is 0. The zero-order valence-corrected chi connectivity index (χ0v) is 15.7. The molecule has 0 aromatic heterocycles. The average Bonchev–Trinajstić information content (AvgIpc) is 2.86. The lowest BCUT2D eigenvalue weighted by molar-refractivity contribution is -0.140. The van der Waals surface area contributed by atoms with Gasteiger partial charge >= 0.3 is 11.9 Å². The number of carbonyl (C=O) groups is 2. The van der Waals surface area contributed by atoms with Crippen molar-refractivity contribution in [1.82, 2.24) is 0 Å². The third-order valence-electron chi connectivity index (χ3n) is 1.98. The molecule has 0 aromatic carbocycles. The van der Waals surface area contributed by atoms with Gasteiger partial charge in [0.05, 0.1) is 37.8 Å². The molecule has 0 saturated carbocycles. The van der Waals surface area contributed by atoms with Crippen LogP contribution in [-0.4, -0.2) is 46.6 Å². The second-order valence-electron chi connectivity index (χ2n) is 3.50. The van der Waals surface area contributed by atoms with Crippen LogP contribution in [0.5, 0.6) is 0 Å². The largest absolute Gasteiger partial charge is 0.465 e. The van der Waals surface area contributed by atoms with Crippen LogP contribution in [-0.2, 0) is 19.1 Å². The van der Waals surface area contributed by atoms with Crippen LogP contribution in [0.3, 0.4) is 0 Å². The van der Waals surface area contributed by atoms with Crippen molar-refractivity contribution >= 4 is 76.6 Å². The van der Waals surface area contributed by atoms with E-state index in [9.17, 15) is 9.59 Å². The summed E-state index contributed by atoms with van der Waals surface area (Å²) < 4.78 is 12.0. The van der Waals surface area contributed by atoms with Gasteiger partial charge < -0.3 is 9.47 Å². The van der Waals surface area contributed by atoms with E-state index in [0.717, 1.165) is 8.47 Å². The SMILES string of the molecule is CCOC(=O)CSC1=C(SCC(=O)OCC)SC(C=S)S1. The predicted molar refractivity (Wildman–Crippen MR) is 97.8 cm³/mol. The van der Waals surface area contributed by atoms with Crippen LogP contribution in [0.1, 0.15) is 13.8 Å². The number of esters is 2. The minimum absolute atomic E-state index is 0.148. The van der Waals surface area contributed by atoms with Crippen molar-refractivity contribution in [2.24, 2.45) is 0 Å². The second kappa shape index (κ2) is 10.8. The molecule has 0 unspecified atom stereocenters. The first-order valence-corrected chi connectivity index (χ1v) is 10.4. The van der Waals surface area contributed by atoms with Gasteiger partial charge in [-0.05, 0) is 13.8 Å². The normalized spacial score (nSPS) is 15.1. The van der Waals surface area contributed by atoms with Gasteiger partial charge in [0.2, 0.25) is 0 Å². The Morgan fingerprint density at radius 1 is 1.10 bits per heavy atom. The van der Waals surface area contributed by atoms with E-state index < -0.39 is 0 Å². The van der Waals surface area contributed by atoms with Gasteiger partial charge in [0.1, 0.15) is 0 Å². The molecule has 1 aliphatic rings. The van der Waals surface area contributed by atoms with Crippen molar-refractivity contribution in [2.45, 2.75) is 18.4 Å². The highest BCUT2D eigenvalue weighted by molar-refractivity contribution is 8.38. The van der Waals surface area contributed by atoms with Gasteiger partial charge in [0.25, 0.3) is 0 Å². The van der Waals surface area contributed by atoms with E-state index in [-0.39, 0.29) is 28.0 Å². The zero-order valence-electron chi connectivity index (χ0n) is 11.7. The van der Waals surface area contributed by atoms with Gasteiger partial charge in [-0.25, -0.2) is 0 Å². The first-order chi connectivity index (χ1) is 10.1. The van der Waals surface area contributed by atoms with E-state index in [1.165, 1.54) is 23.5 Å². The molecular weight excluding hydrogens is 368 g/mol. The van der Waals surface area contributed by atoms with Crippen LogP contribution in [0.2, 0.25) is 0 Å². The van der Waals surface area contributed by atoms with Gasteiger partial charge in [0.15, 0.2) is 0 Å². The molecule has 4 nitrogen and oxygen atoms in total. The van der Waals surface area contributed by atoms with Crippen molar-refractivity contribution < 1.29 is 19.1 Å². The molecule has 0 atom stereocenters. The van der Waals surface area contributed by atoms with Crippen LogP contribution < -0.4 is 0 Å². The van der Waals surface area contributed by atoms with E-state index in [2.05, 4.69) is 0 Å². The summed E-state index contributed by atoms with van der Waals surface area (Å²) >= 11 is 11.1. The highest BCUT2D eigenvalue weighted by atomic mass is 32.3. The second-order valence-corrected chi connectivity index (χ2v) is 8.86. The summed E-state index contributed by atoms with van der Waals surface area (Å²) in [5, 5.41) is 1.69. The molecule has 0 radical (unpaired) electrons. The predicted octanol–water partition coefficient (Wildman–Crippen LogP) is 3.51. The van der Waals surface area contributed by atoms with Gasteiger partial charge in [-0.15, -0.1) is 23.5 Å². The molecule has 0 fully saturated rings. The Kier molecular flexibility index (Phi) is 9.90. The maximum Gasteiger partial charge on any atom is 0.316 e. The monoisotopic (exact) mass is 384 g/mol. The molecular formula is C12H16O4S5. The Balaban J connectivity index is 2.55. The molecule has 0 N–H and O–H groups in total. The minimum Gasteiger partial charge on any atom is -0.465 e. The molecule has 118 valence electrons. The number of hydrogen-bond acceptors (Lipinski definition) is 9. The molecule has 0 spiro atoms. The Hall–Kier alpha value is 0.170. The quantitative estimate of drug-likeness (QED) is 0.439. The number of thioether (sulfide) groups is 4. The summed E-state index contributed by atoms with van der Waals surface area (Å²) in [5.74, 6) is 0.0663. The van der Waals surface area contributed by atoms with Crippen LogP contribution in [0.15, 0.2) is 8.47 Å². The van der Waals surface area contributed by atoms with Gasteiger partial charge in [-0.2, -0.15) is 0 Å². The van der Waals surface area contributed by atoms with Crippen molar-refractivity contribution in [2.75, 3.05) is 24.7 Å². The summed E-state index contributed by atoms with van der Waals surface area (Å²) in [5.41, 5.74) is 0. The standard InChI is InChI=1S/C12H16O4S5/c1-3-15-8(13)6-18-11-12(21-10(5-17)20-11)19-7-9(14)16-4-2/h5,10H,3-4,6-7H2,1-2H3. The molecule has 0 saturated heterocycles. The van der Waals surface area contributed by atoms with Crippen molar-refractivity contribution in [1.29, 1.82) is 0 Å². The van der Waals surface area contributed by atoms with E-state index >= 15 is 0 Å². The third-order valence-corrected chi connectivity index (χ3v) is 8.24. The fourth-order valence-electron chi connectivity index (χ4n) is 1.23. The number of rotatable bonds is 9. The molecule has 1 heterocycles. The Morgan fingerprint density at radius 2 is 1.52 bits per heavy atom. The lowest BCUT2D eigenvalue weighted by Crippen LogP contribution is -2.07. The average molecular weight is 385 g/mol. The molecule has 21 heavy (non-hydrogen) atoms. The maximum absolute atomic E-state index is 11.4. The minimum atomic E-state index is -0.235. The van der Waals surface area contributed by atoms with E-state index in [1.807, 2.05) is 0 Å². The van der Waals surface area contributed by atoms with Crippen LogP contribution >= 0.6 is 59.3 Å². The van der Waals surface area contributed by atoms with Gasteiger partial charge in [0, 0.05) is 5.37 Å². The number of carbonyl (C=O) groups excluding carboxylic acids is 2. The lowest BCUT2D eigenvalue weighted by atomic mass is 10.8. The fourth-order valence-corrected chi connectivity index (χ4v) is 7.13.